The summed E-state index contributed by atoms with van der Waals surface area (Å²) >= 11 is 0. The highest BCUT2D eigenvalue weighted by atomic mass is 19.1. The second-order valence-corrected chi connectivity index (χ2v) is 8.49. The van der Waals surface area contributed by atoms with Gasteiger partial charge in [-0.25, -0.2) is 4.39 Å². The minimum absolute atomic E-state index is 0.0751. The van der Waals surface area contributed by atoms with Crippen molar-refractivity contribution < 1.29 is 9.18 Å². The van der Waals surface area contributed by atoms with Gasteiger partial charge in [-0.15, -0.1) is 0 Å². The number of nitrogens with zero attached hydrogens (tertiary/aromatic N) is 3. The first kappa shape index (κ1) is 20.9. The second kappa shape index (κ2) is 9.17. The first-order valence-corrected chi connectivity index (χ1v) is 11.2. The molecule has 2 bridgehead atoms. The van der Waals surface area contributed by atoms with Crippen molar-refractivity contribution in [1.29, 1.82) is 0 Å². The Kier molecular flexibility index (Phi) is 6.38. The first-order chi connectivity index (χ1) is 14.6. The van der Waals surface area contributed by atoms with Crippen LogP contribution in [0.2, 0.25) is 0 Å². The van der Waals surface area contributed by atoms with Gasteiger partial charge in [0.1, 0.15) is 5.82 Å². The third-order valence-electron chi connectivity index (χ3n) is 6.76. The summed E-state index contributed by atoms with van der Waals surface area (Å²) in [6.45, 7) is 9.54. The van der Waals surface area contributed by atoms with E-state index in [0.717, 1.165) is 23.4 Å². The van der Waals surface area contributed by atoms with Crippen LogP contribution < -0.4 is 4.90 Å². The highest BCUT2D eigenvalue weighted by Gasteiger charge is 2.37. The van der Waals surface area contributed by atoms with E-state index in [2.05, 4.69) is 21.9 Å². The van der Waals surface area contributed by atoms with Crippen molar-refractivity contribution in [2.75, 3.05) is 37.6 Å². The van der Waals surface area contributed by atoms with Crippen LogP contribution in [0, 0.1) is 11.7 Å². The normalized spacial score (nSPS) is 22.7. The number of fused-ring (bicyclic) bond motifs is 3. The van der Waals surface area contributed by atoms with E-state index in [1.807, 2.05) is 36.9 Å². The van der Waals surface area contributed by atoms with Gasteiger partial charge < -0.3 is 14.7 Å². The smallest absolute Gasteiger partial charge is 0.253 e. The van der Waals surface area contributed by atoms with Gasteiger partial charge in [-0.05, 0) is 87.7 Å². The minimum Gasteiger partial charge on any atom is -0.363 e. The maximum absolute atomic E-state index is 13.8. The molecule has 0 aliphatic carbocycles. The summed E-state index contributed by atoms with van der Waals surface area (Å²) in [6.07, 6.45) is 2.45. The van der Waals surface area contributed by atoms with Crippen molar-refractivity contribution in [2.24, 2.45) is 5.92 Å². The molecule has 30 heavy (non-hydrogen) atoms. The zero-order valence-electron chi connectivity index (χ0n) is 18.1. The fraction of sp³-hybridized carbons (Fsp3) is 0.480. The van der Waals surface area contributed by atoms with Gasteiger partial charge in [-0.3, -0.25) is 4.79 Å². The number of halogens is 1. The van der Waals surface area contributed by atoms with Gasteiger partial charge in [0.15, 0.2) is 0 Å². The standard InChI is InChI=1S/C25H32FN3O/c1-3-28(4-2)25(30)21-8-10-23(11-9-21)29(17-19-6-5-7-22(26)16-19)24-18-27-14-12-20(24)13-15-27/h5-11,16,20,24H,3-4,12-15,17-18H2,1-2H3. The van der Waals surface area contributed by atoms with E-state index >= 15 is 0 Å². The molecule has 0 aromatic heterocycles. The fourth-order valence-electron chi connectivity index (χ4n) is 5.01. The summed E-state index contributed by atoms with van der Waals surface area (Å²) < 4.78 is 13.8. The third kappa shape index (κ3) is 4.36. The van der Waals surface area contributed by atoms with Crippen LogP contribution in [0.5, 0.6) is 0 Å². The lowest BCUT2D eigenvalue weighted by Gasteiger charge is -2.50. The Hall–Kier alpha value is -2.40. The molecule has 0 spiro atoms. The third-order valence-corrected chi connectivity index (χ3v) is 6.76. The Morgan fingerprint density at radius 3 is 2.33 bits per heavy atom. The molecule has 3 heterocycles. The quantitative estimate of drug-likeness (QED) is 0.678. The van der Waals surface area contributed by atoms with Gasteiger partial charge in [-0.1, -0.05) is 12.1 Å². The first-order valence-electron chi connectivity index (χ1n) is 11.2. The van der Waals surface area contributed by atoms with Crippen LogP contribution in [-0.4, -0.2) is 54.5 Å². The van der Waals surface area contributed by atoms with Gasteiger partial charge in [0.25, 0.3) is 5.91 Å². The lowest BCUT2D eigenvalue weighted by atomic mass is 9.82. The summed E-state index contributed by atoms with van der Waals surface area (Å²) in [5.74, 6) is 0.549. The number of hydrogen-bond donors (Lipinski definition) is 0. The van der Waals surface area contributed by atoms with Gasteiger partial charge in [-0.2, -0.15) is 0 Å². The SMILES string of the molecule is CCN(CC)C(=O)c1ccc(N(Cc2cccc(F)c2)C2CN3CCC2CC3)cc1. The van der Waals surface area contributed by atoms with Crippen molar-refractivity contribution in [2.45, 2.75) is 39.3 Å². The largest absolute Gasteiger partial charge is 0.363 e. The van der Waals surface area contributed by atoms with E-state index in [1.165, 1.54) is 32.0 Å². The molecule has 4 nitrogen and oxygen atoms in total. The summed E-state index contributed by atoms with van der Waals surface area (Å²) in [4.78, 5) is 19.5. The molecule has 3 aliphatic heterocycles. The highest BCUT2D eigenvalue weighted by molar-refractivity contribution is 5.94. The van der Waals surface area contributed by atoms with Gasteiger partial charge in [0, 0.05) is 43.5 Å². The van der Waals surface area contributed by atoms with Crippen LogP contribution in [0.15, 0.2) is 48.5 Å². The van der Waals surface area contributed by atoms with E-state index in [-0.39, 0.29) is 11.7 Å². The number of anilines is 1. The molecule has 0 N–H and O–H groups in total. The maximum Gasteiger partial charge on any atom is 0.253 e. The van der Waals surface area contributed by atoms with Gasteiger partial charge in [0.05, 0.1) is 0 Å². The molecular formula is C25H32FN3O. The van der Waals surface area contributed by atoms with Gasteiger partial charge >= 0.3 is 0 Å². The Labute approximate surface area is 179 Å². The summed E-state index contributed by atoms with van der Waals surface area (Å²) in [7, 11) is 0. The van der Waals surface area contributed by atoms with Gasteiger partial charge in [0.2, 0.25) is 0 Å². The molecule has 160 valence electrons. The van der Waals surface area contributed by atoms with E-state index in [1.54, 1.807) is 12.1 Å². The molecule has 1 unspecified atom stereocenters. The number of rotatable bonds is 7. The minimum atomic E-state index is -0.193. The second-order valence-electron chi connectivity index (χ2n) is 8.49. The number of hydrogen-bond acceptors (Lipinski definition) is 3. The Morgan fingerprint density at radius 2 is 1.77 bits per heavy atom. The topological polar surface area (TPSA) is 26.8 Å². The molecule has 5 heteroatoms. The molecule has 3 saturated heterocycles. The molecule has 0 saturated carbocycles. The Morgan fingerprint density at radius 1 is 1.07 bits per heavy atom. The summed E-state index contributed by atoms with van der Waals surface area (Å²) in [6, 6.07) is 15.3. The number of carbonyl (C=O) groups excluding carboxylic acids is 1. The summed E-state index contributed by atoms with van der Waals surface area (Å²) in [5, 5.41) is 0. The van der Waals surface area contributed by atoms with E-state index in [0.29, 0.717) is 31.6 Å². The van der Waals surface area contributed by atoms with Crippen molar-refractivity contribution >= 4 is 11.6 Å². The Bertz CT molecular complexity index is 857. The van der Waals surface area contributed by atoms with Crippen molar-refractivity contribution in [3.05, 3.63) is 65.5 Å². The van der Waals surface area contributed by atoms with Crippen LogP contribution >= 0.6 is 0 Å². The lowest BCUT2D eigenvalue weighted by molar-refractivity contribution is 0.0773. The number of piperidine rings is 3. The highest BCUT2D eigenvalue weighted by Crippen LogP contribution is 2.34. The molecule has 0 radical (unpaired) electrons. The molecule has 1 amide bonds. The lowest BCUT2D eigenvalue weighted by Crippen LogP contribution is -2.57. The molecule has 1 atom stereocenters. The van der Waals surface area contributed by atoms with Crippen LogP contribution in [-0.2, 0) is 6.54 Å². The van der Waals surface area contributed by atoms with E-state index in [9.17, 15) is 9.18 Å². The van der Waals surface area contributed by atoms with Crippen LogP contribution in [0.25, 0.3) is 0 Å². The van der Waals surface area contributed by atoms with E-state index in [4.69, 9.17) is 0 Å². The molecule has 2 aromatic rings. The number of amides is 1. The molecular weight excluding hydrogens is 377 g/mol. The van der Waals surface area contributed by atoms with Crippen LogP contribution in [0.1, 0.15) is 42.6 Å². The van der Waals surface area contributed by atoms with Crippen LogP contribution in [0.4, 0.5) is 10.1 Å². The summed E-state index contributed by atoms with van der Waals surface area (Å²) in [5.41, 5.74) is 2.81. The zero-order chi connectivity index (χ0) is 21.1. The molecule has 5 rings (SSSR count). The maximum atomic E-state index is 13.8. The average Bonchev–Trinajstić information content (AvgIpc) is 2.79. The van der Waals surface area contributed by atoms with Crippen LogP contribution in [0.3, 0.4) is 0 Å². The average molecular weight is 410 g/mol. The van der Waals surface area contributed by atoms with Crippen molar-refractivity contribution in [1.82, 2.24) is 9.80 Å². The van der Waals surface area contributed by atoms with E-state index < -0.39 is 0 Å². The molecule has 3 aliphatic rings. The Balaban J connectivity index is 1.61. The zero-order valence-corrected chi connectivity index (χ0v) is 18.1. The number of benzene rings is 2. The fourth-order valence-corrected chi connectivity index (χ4v) is 5.01. The molecule has 2 aromatic carbocycles. The van der Waals surface area contributed by atoms with Crippen molar-refractivity contribution in [3.63, 3.8) is 0 Å². The predicted octanol–water partition coefficient (Wildman–Crippen LogP) is 4.41. The van der Waals surface area contributed by atoms with Crippen molar-refractivity contribution in [3.8, 4) is 0 Å². The predicted molar refractivity (Wildman–Crippen MR) is 119 cm³/mol. The molecule has 3 fully saturated rings. The number of carbonyl (C=O) groups is 1. The monoisotopic (exact) mass is 409 g/mol.